The summed E-state index contributed by atoms with van der Waals surface area (Å²) >= 11 is 0. The van der Waals surface area contributed by atoms with Gasteiger partial charge in [-0.3, -0.25) is 0 Å². The van der Waals surface area contributed by atoms with Gasteiger partial charge in [-0.25, -0.2) is 13.5 Å². The van der Waals surface area contributed by atoms with E-state index in [2.05, 4.69) is 4.74 Å². The van der Waals surface area contributed by atoms with Crippen LogP contribution in [0.1, 0.15) is 26.7 Å². The molecule has 0 saturated carbocycles. The summed E-state index contributed by atoms with van der Waals surface area (Å²) in [6.45, 7) is 1.86. The SMILES string of the molecule is CC/C(F)=C(/F)C(F)(F)OC(F)(F)/C(F)=C(/F)CC. The van der Waals surface area contributed by atoms with Crippen molar-refractivity contribution in [3.8, 4) is 0 Å². The highest BCUT2D eigenvalue weighted by atomic mass is 19.3. The predicted octanol–water partition coefficient (Wildman–Crippen LogP) is 5.31. The Morgan fingerprint density at radius 3 is 1.21 bits per heavy atom. The monoisotopic (exact) mass is 298 g/mol. The van der Waals surface area contributed by atoms with Gasteiger partial charge >= 0.3 is 12.2 Å². The minimum absolute atomic E-state index is 0.849. The maximum atomic E-state index is 12.8. The molecule has 0 bridgehead atoms. The molecule has 1 nitrogen and oxygen atoms in total. The molecule has 0 aliphatic heterocycles. The molecule has 0 aromatic heterocycles. The summed E-state index contributed by atoms with van der Waals surface area (Å²) in [5.74, 6) is -9.92. The molecular weight excluding hydrogens is 288 g/mol. The van der Waals surface area contributed by atoms with Gasteiger partial charge in [-0.05, 0) is 12.8 Å². The average Bonchev–Trinajstić information content (AvgIpc) is 2.33. The third kappa shape index (κ3) is 4.48. The van der Waals surface area contributed by atoms with Gasteiger partial charge in [0, 0.05) is 0 Å². The van der Waals surface area contributed by atoms with E-state index >= 15 is 0 Å². The van der Waals surface area contributed by atoms with Gasteiger partial charge in [0.05, 0.1) is 0 Å². The van der Waals surface area contributed by atoms with Crippen LogP contribution in [0.25, 0.3) is 0 Å². The van der Waals surface area contributed by atoms with Crippen LogP contribution in [-0.2, 0) is 4.74 Å². The first kappa shape index (κ1) is 17.9. The van der Waals surface area contributed by atoms with E-state index < -0.39 is 48.4 Å². The Kier molecular flexibility index (Phi) is 5.98. The molecule has 0 atom stereocenters. The van der Waals surface area contributed by atoms with Gasteiger partial charge in [-0.2, -0.15) is 26.3 Å². The van der Waals surface area contributed by atoms with Gasteiger partial charge in [0.1, 0.15) is 11.7 Å². The highest BCUT2D eigenvalue weighted by Crippen LogP contribution is 2.40. The Bertz CT molecular complexity index is 349. The van der Waals surface area contributed by atoms with Crippen LogP contribution < -0.4 is 0 Å². The highest BCUT2D eigenvalue weighted by Gasteiger charge is 2.52. The lowest BCUT2D eigenvalue weighted by molar-refractivity contribution is -0.354. The Labute approximate surface area is 103 Å². The molecule has 112 valence electrons. The number of rotatable bonds is 6. The molecule has 0 saturated heterocycles. The van der Waals surface area contributed by atoms with Crippen molar-refractivity contribution >= 4 is 0 Å². The first-order valence-corrected chi connectivity index (χ1v) is 5.04. The van der Waals surface area contributed by atoms with Gasteiger partial charge in [0.25, 0.3) is 0 Å². The lowest BCUT2D eigenvalue weighted by Gasteiger charge is -2.21. The molecule has 0 spiro atoms. The van der Waals surface area contributed by atoms with Crippen molar-refractivity contribution in [2.45, 2.75) is 38.9 Å². The molecule has 0 aromatic carbocycles. The largest absolute Gasteiger partial charge is 0.416 e. The van der Waals surface area contributed by atoms with E-state index in [9.17, 15) is 35.1 Å². The summed E-state index contributed by atoms with van der Waals surface area (Å²) in [7, 11) is 0. The number of hydrogen-bond acceptors (Lipinski definition) is 1. The van der Waals surface area contributed by atoms with Crippen LogP contribution in [0.15, 0.2) is 23.3 Å². The van der Waals surface area contributed by atoms with Crippen LogP contribution in [-0.4, -0.2) is 12.2 Å². The highest BCUT2D eigenvalue weighted by molar-refractivity contribution is 5.09. The molecule has 0 unspecified atom stereocenters. The van der Waals surface area contributed by atoms with E-state index in [1.165, 1.54) is 0 Å². The van der Waals surface area contributed by atoms with Crippen molar-refractivity contribution in [3.05, 3.63) is 23.3 Å². The fourth-order valence-electron chi connectivity index (χ4n) is 0.877. The average molecular weight is 298 g/mol. The van der Waals surface area contributed by atoms with Gasteiger partial charge in [-0.15, -0.1) is 0 Å². The lowest BCUT2D eigenvalue weighted by atomic mass is 10.3. The lowest BCUT2D eigenvalue weighted by Crippen LogP contribution is -2.35. The molecule has 0 amide bonds. The van der Waals surface area contributed by atoms with E-state index in [4.69, 9.17) is 0 Å². The van der Waals surface area contributed by atoms with Crippen LogP contribution in [0.3, 0.4) is 0 Å². The van der Waals surface area contributed by atoms with Crippen LogP contribution in [0.4, 0.5) is 35.1 Å². The Morgan fingerprint density at radius 1 is 0.737 bits per heavy atom. The van der Waals surface area contributed by atoms with E-state index in [-0.39, 0.29) is 0 Å². The smallest absolute Gasteiger partial charge is 0.243 e. The predicted molar refractivity (Wildman–Crippen MR) is 50.0 cm³/mol. The normalized spacial score (nSPS) is 16.1. The maximum Gasteiger partial charge on any atom is 0.416 e. The number of halogens is 8. The number of ether oxygens (including phenoxy) is 1. The summed E-state index contributed by atoms with van der Waals surface area (Å²) < 4.78 is 104. The van der Waals surface area contributed by atoms with Crippen molar-refractivity contribution in [1.29, 1.82) is 0 Å². The zero-order chi connectivity index (χ0) is 15.4. The second-order valence-electron chi connectivity index (χ2n) is 3.28. The molecule has 19 heavy (non-hydrogen) atoms. The maximum absolute atomic E-state index is 12.8. The molecule has 0 aliphatic rings. The second kappa shape index (κ2) is 6.36. The quantitative estimate of drug-likeness (QED) is 0.604. The topological polar surface area (TPSA) is 9.23 Å². The van der Waals surface area contributed by atoms with Gasteiger partial charge in [0.15, 0.2) is 0 Å². The fraction of sp³-hybridized carbons (Fsp3) is 0.600. The first-order valence-electron chi connectivity index (χ1n) is 5.04. The van der Waals surface area contributed by atoms with Crippen molar-refractivity contribution in [3.63, 3.8) is 0 Å². The van der Waals surface area contributed by atoms with Crippen molar-refractivity contribution in [1.82, 2.24) is 0 Å². The summed E-state index contributed by atoms with van der Waals surface area (Å²) in [5.41, 5.74) is 0. The molecular formula is C10H10F8O. The molecule has 0 heterocycles. The van der Waals surface area contributed by atoms with Crippen LogP contribution in [0, 0.1) is 0 Å². The summed E-state index contributed by atoms with van der Waals surface area (Å²) in [5, 5.41) is 0. The standard InChI is InChI=1S/C10H10F8O/c1-3-5(11)7(13)9(15,16)19-10(17,18)8(14)6(12)4-2/h3-4H2,1-2H3/b7-5-,8-6-. The summed E-state index contributed by atoms with van der Waals surface area (Å²) in [4.78, 5) is 0. The third-order valence-electron chi connectivity index (χ3n) is 1.86. The minimum Gasteiger partial charge on any atom is -0.243 e. The van der Waals surface area contributed by atoms with Crippen molar-refractivity contribution in [2.75, 3.05) is 0 Å². The van der Waals surface area contributed by atoms with Gasteiger partial charge in [0.2, 0.25) is 11.7 Å². The molecule has 0 aromatic rings. The van der Waals surface area contributed by atoms with E-state index in [0.29, 0.717) is 0 Å². The Balaban J connectivity index is 5.34. The number of allylic oxidation sites excluding steroid dienone is 2. The molecule has 0 N–H and O–H groups in total. The minimum atomic E-state index is -5.42. The molecule has 9 heteroatoms. The molecule has 0 rings (SSSR count). The molecule has 0 fully saturated rings. The number of alkyl halides is 4. The Morgan fingerprint density at radius 2 is 1.00 bits per heavy atom. The second-order valence-corrected chi connectivity index (χ2v) is 3.28. The van der Waals surface area contributed by atoms with Gasteiger partial charge in [-0.1, -0.05) is 13.8 Å². The summed E-state index contributed by atoms with van der Waals surface area (Å²) in [6.07, 6.45) is -12.5. The van der Waals surface area contributed by atoms with E-state index in [0.717, 1.165) is 13.8 Å². The fourth-order valence-corrected chi connectivity index (χ4v) is 0.877. The zero-order valence-electron chi connectivity index (χ0n) is 9.85. The molecule has 0 aliphatic carbocycles. The summed E-state index contributed by atoms with van der Waals surface area (Å²) in [6, 6.07) is 0. The first-order chi connectivity index (χ1) is 8.49. The number of hydrogen-bond donors (Lipinski definition) is 0. The third-order valence-corrected chi connectivity index (χ3v) is 1.86. The van der Waals surface area contributed by atoms with Crippen LogP contribution >= 0.6 is 0 Å². The van der Waals surface area contributed by atoms with Crippen molar-refractivity contribution < 1.29 is 39.9 Å². The van der Waals surface area contributed by atoms with E-state index in [1.807, 2.05) is 0 Å². The zero-order valence-corrected chi connectivity index (χ0v) is 9.85. The van der Waals surface area contributed by atoms with E-state index in [1.54, 1.807) is 0 Å². The van der Waals surface area contributed by atoms with Crippen molar-refractivity contribution in [2.24, 2.45) is 0 Å². The van der Waals surface area contributed by atoms with Gasteiger partial charge < -0.3 is 0 Å². The Hall–Kier alpha value is -1.12. The van der Waals surface area contributed by atoms with Crippen LogP contribution in [0.2, 0.25) is 0 Å². The van der Waals surface area contributed by atoms with Crippen LogP contribution in [0.5, 0.6) is 0 Å². The molecule has 0 radical (unpaired) electrons.